The van der Waals surface area contributed by atoms with E-state index < -0.39 is 19.2 Å². The SMILES string of the molecule is CCC[CH2][Zr]([OH])([CH2]CCC)([CH2]CCC)[CH2]CCC. The molecule has 0 unspecified atom stereocenters. The van der Waals surface area contributed by atoms with Gasteiger partial charge in [0.25, 0.3) is 0 Å². The second-order valence-corrected chi connectivity index (χ2v) is 21.9. The maximum atomic E-state index is 11.7. The number of hydrogen-bond donors (Lipinski definition) is 1. The van der Waals surface area contributed by atoms with E-state index in [4.69, 9.17) is 0 Å². The van der Waals surface area contributed by atoms with Gasteiger partial charge in [-0.05, 0) is 0 Å². The van der Waals surface area contributed by atoms with Gasteiger partial charge >= 0.3 is 118 Å². The van der Waals surface area contributed by atoms with Gasteiger partial charge < -0.3 is 0 Å². The number of unbranched alkanes of at least 4 members (excludes halogenated alkanes) is 4. The van der Waals surface area contributed by atoms with Gasteiger partial charge in [0, 0.05) is 0 Å². The Morgan fingerprint density at radius 1 is 0.556 bits per heavy atom. The van der Waals surface area contributed by atoms with Gasteiger partial charge in [0.1, 0.15) is 0 Å². The van der Waals surface area contributed by atoms with Gasteiger partial charge in [0.15, 0.2) is 0 Å². The van der Waals surface area contributed by atoms with Crippen LogP contribution in [0.1, 0.15) is 79.1 Å². The van der Waals surface area contributed by atoms with Crippen LogP contribution in [0.4, 0.5) is 0 Å². The van der Waals surface area contributed by atoms with Gasteiger partial charge in [0.2, 0.25) is 0 Å². The molecule has 0 aliphatic heterocycles. The summed E-state index contributed by atoms with van der Waals surface area (Å²) in [6, 6.07) is 0. The van der Waals surface area contributed by atoms with Crippen molar-refractivity contribution in [2.45, 2.75) is 95.6 Å². The second kappa shape index (κ2) is 9.70. The van der Waals surface area contributed by atoms with Crippen molar-refractivity contribution in [3.8, 4) is 0 Å². The van der Waals surface area contributed by atoms with Crippen LogP contribution in [0.25, 0.3) is 0 Å². The molecular formula is C16H37OZr. The predicted octanol–water partition coefficient (Wildman–Crippen LogP) is 6.46. The zero-order valence-corrected chi connectivity index (χ0v) is 15.9. The molecule has 0 aliphatic carbocycles. The summed E-state index contributed by atoms with van der Waals surface area (Å²) in [6.07, 6.45) is 10.0. The first-order valence-electron chi connectivity index (χ1n) is 8.47. The third-order valence-corrected chi connectivity index (χ3v) is 20.8. The van der Waals surface area contributed by atoms with Crippen molar-refractivity contribution in [2.75, 3.05) is 0 Å². The molecule has 111 valence electrons. The third-order valence-electron chi connectivity index (χ3n) is 4.69. The molecule has 1 N–H and O–H groups in total. The molecule has 0 heterocycles. The third kappa shape index (κ3) is 6.85. The normalized spacial score (nSPS) is 14.4. The van der Waals surface area contributed by atoms with Crippen molar-refractivity contribution in [3.63, 3.8) is 0 Å². The monoisotopic (exact) mass is 335 g/mol. The Labute approximate surface area is 118 Å². The van der Waals surface area contributed by atoms with E-state index in [1.54, 1.807) is 0 Å². The van der Waals surface area contributed by atoms with Gasteiger partial charge in [-0.2, -0.15) is 0 Å². The summed E-state index contributed by atoms with van der Waals surface area (Å²) in [7, 11) is 0. The molecule has 18 heavy (non-hydrogen) atoms. The fourth-order valence-electron chi connectivity index (χ4n) is 3.27. The van der Waals surface area contributed by atoms with E-state index in [2.05, 4.69) is 27.7 Å². The van der Waals surface area contributed by atoms with Crippen LogP contribution in [0.2, 0.25) is 16.5 Å². The van der Waals surface area contributed by atoms with Crippen LogP contribution in [0.15, 0.2) is 0 Å². The van der Waals surface area contributed by atoms with E-state index in [1.807, 2.05) is 0 Å². The molecule has 2 heteroatoms. The van der Waals surface area contributed by atoms with E-state index >= 15 is 0 Å². The Balaban J connectivity index is 4.82. The number of rotatable bonds is 12. The van der Waals surface area contributed by atoms with Crippen LogP contribution >= 0.6 is 0 Å². The number of hydrogen-bond acceptors (Lipinski definition) is 1. The molecule has 0 aliphatic rings. The summed E-state index contributed by atoms with van der Waals surface area (Å²) in [5, 5.41) is 0. The average Bonchev–Trinajstić information content (AvgIpc) is 2.40. The fraction of sp³-hybridized carbons (Fsp3) is 1.00. The second-order valence-electron chi connectivity index (χ2n) is 6.55. The van der Waals surface area contributed by atoms with Crippen molar-refractivity contribution in [2.24, 2.45) is 0 Å². The first kappa shape index (κ1) is 18.8. The zero-order chi connectivity index (χ0) is 13.9. The van der Waals surface area contributed by atoms with Crippen LogP contribution in [-0.4, -0.2) is 3.18 Å². The molecular weight excluding hydrogens is 299 g/mol. The topological polar surface area (TPSA) is 20.2 Å². The summed E-state index contributed by atoms with van der Waals surface area (Å²) < 4.78 is 16.6. The molecule has 0 aromatic rings. The molecule has 0 saturated carbocycles. The van der Waals surface area contributed by atoms with Crippen LogP contribution in [0.3, 0.4) is 0 Å². The van der Waals surface area contributed by atoms with Crippen LogP contribution in [0.5, 0.6) is 0 Å². The van der Waals surface area contributed by atoms with E-state index in [0.717, 1.165) is 0 Å². The van der Waals surface area contributed by atoms with Crippen molar-refractivity contribution >= 4 is 0 Å². The Bertz CT molecular complexity index is 160. The molecule has 0 saturated heterocycles. The molecule has 0 spiro atoms. The van der Waals surface area contributed by atoms with E-state index in [0.29, 0.717) is 0 Å². The molecule has 0 fully saturated rings. The quantitative estimate of drug-likeness (QED) is 0.434. The van der Waals surface area contributed by atoms with E-state index in [1.165, 1.54) is 67.9 Å². The van der Waals surface area contributed by atoms with Crippen LogP contribution in [0, 0.1) is 0 Å². The zero-order valence-electron chi connectivity index (χ0n) is 13.4. The van der Waals surface area contributed by atoms with Crippen LogP contribution in [-0.2, 0) is 19.2 Å². The fourth-order valence-corrected chi connectivity index (χ4v) is 19.4. The van der Waals surface area contributed by atoms with E-state index in [-0.39, 0.29) is 0 Å². The first-order chi connectivity index (χ1) is 8.54. The Morgan fingerprint density at radius 3 is 0.944 bits per heavy atom. The van der Waals surface area contributed by atoms with Crippen molar-refractivity contribution < 1.29 is 22.4 Å². The van der Waals surface area contributed by atoms with Crippen molar-refractivity contribution in [1.29, 1.82) is 0 Å². The van der Waals surface area contributed by atoms with Gasteiger partial charge in [-0.3, -0.25) is 0 Å². The Kier molecular flexibility index (Phi) is 10.2. The Morgan fingerprint density at radius 2 is 0.778 bits per heavy atom. The summed E-state index contributed by atoms with van der Waals surface area (Å²) in [6.45, 7) is 9.05. The van der Waals surface area contributed by atoms with Gasteiger partial charge in [-0.15, -0.1) is 0 Å². The minimum atomic E-state index is -3.34. The minimum absolute atomic E-state index is 1.22. The summed E-state index contributed by atoms with van der Waals surface area (Å²) in [5.74, 6) is 0. The molecule has 0 aromatic heterocycles. The summed E-state index contributed by atoms with van der Waals surface area (Å²) >= 11 is -3.34. The van der Waals surface area contributed by atoms with Crippen molar-refractivity contribution in [3.05, 3.63) is 0 Å². The van der Waals surface area contributed by atoms with Crippen molar-refractivity contribution in [1.82, 2.24) is 0 Å². The molecule has 1 nitrogen and oxygen atoms in total. The average molecular weight is 337 g/mol. The predicted molar refractivity (Wildman–Crippen MR) is 81.1 cm³/mol. The summed E-state index contributed by atoms with van der Waals surface area (Å²) in [5.41, 5.74) is 0. The Hall–Kier alpha value is 0.843. The maximum absolute atomic E-state index is 11.7. The van der Waals surface area contributed by atoms with E-state index in [9.17, 15) is 3.18 Å². The van der Waals surface area contributed by atoms with Gasteiger partial charge in [-0.1, -0.05) is 0 Å². The molecule has 0 radical (unpaired) electrons. The first-order valence-corrected chi connectivity index (χ1v) is 16.5. The van der Waals surface area contributed by atoms with Crippen LogP contribution < -0.4 is 0 Å². The molecule has 0 amide bonds. The standard InChI is InChI=1S/4C4H9.H2O.Zr/c4*1-3-4-2;;/h4*1,3-4H2,2H3;1H2;/q;;;;;+1/p-1. The molecule has 0 bridgehead atoms. The summed E-state index contributed by atoms with van der Waals surface area (Å²) in [4.78, 5) is 0. The molecule has 0 aromatic carbocycles. The van der Waals surface area contributed by atoms with Gasteiger partial charge in [0.05, 0.1) is 0 Å². The molecule has 0 atom stereocenters. The van der Waals surface area contributed by atoms with Gasteiger partial charge in [-0.25, -0.2) is 0 Å². The molecule has 0 rings (SSSR count).